The Balaban J connectivity index is 2.16. The van der Waals surface area contributed by atoms with Gasteiger partial charge in [0, 0.05) is 23.3 Å². The molecule has 0 aliphatic carbocycles. The van der Waals surface area contributed by atoms with Gasteiger partial charge in [-0.25, -0.2) is 0 Å². The second kappa shape index (κ2) is 4.49. The smallest absolute Gasteiger partial charge is 0.257 e. The number of rotatable bonds is 1. The fourth-order valence-corrected chi connectivity index (χ4v) is 1.71. The second-order valence-electron chi connectivity index (χ2n) is 3.53. The van der Waals surface area contributed by atoms with Crippen molar-refractivity contribution in [3.63, 3.8) is 0 Å². The molecule has 0 saturated carbocycles. The van der Waals surface area contributed by atoms with Crippen molar-refractivity contribution >= 4 is 17.5 Å². The molecule has 1 aliphatic rings. The van der Waals surface area contributed by atoms with Crippen LogP contribution in [-0.2, 0) is 0 Å². The summed E-state index contributed by atoms with van der Waals surface area (Å²) in [6.45, 7) is 0.804. The molecule has 15 heavy (non-hydrogen) atoms. The molecule has 0 radical (unpaired) electrons. The van der Waals surface area contributed by atoms with Crippen molar-refractivity contribution in [2.24, 2.45) is 0 Å². The number of halogens is 1. The molecule has 3 heteroatoms. The summed E-state index contributed by atoms with van der Waals surface area (Å²) in [6.07, 6.45) is 5.98. The lowest BCUT2D eigenvalue weighted by molar-refractivity contribution is 0.0815. The first-order valence-electron chi connectivity index (χ1n) is 5.00. The van der Waals surface area contributed by atoms with Gasteiger partial charge in [0.2, 0.25) is 0 Å². The predicted molar refractivity (Wildman–Crippen MR) is 60.9 cm³/mol. The first-order valence-corrected chi connectivity index (χ1v) is 5.38. The largest absolute Gasteiger partial charge is 0.315 e. The van der Waals surface area contributed by atoms with E-state index < -0.39 is 0 Å². The molecule has 0 fully saturated rings. The Labute approximate surface area is 94.2 Å². The Morgan fingerprint density at radius 1 is 1.27 bits per heavy atom. The summed E-state index contributed by atoms with van der Waals surface area (Å²) in [5.74, 6) is 0.0441. The maximum absolute atomic E-state index is 11.9. The molecule has 0 atom stereocenters. The summed E-state index contributed by atoms with van der Waals surface area (Å²) >= 11 is 5.76. The van der Waals surface area contributed by atoms with E-state index in [1.54, 1.807) is 29.2 Å². The average molecular weight is 222 g/mol. The lowest BCUT2D eigenvalue weighted by Gasteiger charge is -2.21. The van der Waals surface area contributed by atoms with Crippen molar-refractivity contribution in [1.82, 2.24) is 4.90 Å². The van der Waals surface area contributed by atoms with Gasteiger partial charge in [0.1, 0.15) is 0 Å². The normalized spacial score (nSPS) is 15.4. The van der Waals surface area contributed by atoms with Crippen LogP contribution in [0.5, 0.6) is 0 Å². The third-order valence-electron chi connectivity index (χ3n) is 2.41. The van der Waals surface area contributed by atoms with Crippen LogP contribution in [0.15, 0.2) is 36.5 Å². The first-order chi connectivity index (χ1) is 7.27. The zero-order chi connectivity index (χ0) is 10.7. The van der Waals surface area contributed by atoms with E-state index in [-0.39, 0.29) is 5.91 Å². The number of carbonyl (C=O) groups is 1. The maximum atomic E-state index is 11.9. The highest BCUT2D eigenvalue weighted by Gasteiger charge is 2.14. The molecular weight excluding hydrogens is 210 g/mol. The number of nitrogens with zero attached hydrogens (tertiary/aromatic N) is 1. The molecule has 2 rings (SSSR count). The Morgan fingerprint density at radius 3 is 2.60 bits per heavy atom. The highest BCUT2D eigenvalue weighted by Crippen LogP contribution is 2.14. The van der Waals surface area contributed by atoms with Gasteiger partial charge in [-0.15, -0.1) is 0 Å². The fraction of sp³-hybridized carbons (Fsp3) is 0.250. The Morgan fingerprint density at radius 2 is 2.00 bits per heavy atom. The van der Waals surface area contributed by atoms with Gasteiger partial charge >= 0.3 is 0 Å². The van der Waals surface area contributed by atoms with Crippen LogP contribution in [0, 0.1) is 0 Å². The van der Waals surface area contributed by atoms with Gasteiger partial charge in [0.25, 0.3) is 5.91 Å². The molecular formula is C12H12ClNO. The van der Waals surface area contributed by atoms with E-state index in [9.17, 15) is 4.79 Å². The second-order valence-corrected chi connectivity index (χ2v) is 3.97. The van der Waals surface area contributed by atoms with E-state index in [2.05, 4.69) is 0 Å². The lowest BCUT2D eigenvalue weighted by atomic mass is 10.1. The topological polar surface area (TPSA) is 20.3 Å². The summed E-state index contributed by atoms with van der Waals surface area (Å²) < 4.78 is 0. The molecule has 2 nitrogen and oxygen atoms in total. The summed E-state index contributed by atoms with van der Waals surface area (Å²) in [7, 11) is 0. The van der Waals surface area contributed by atoms with Crippen LogP contribution in [0.25, 0.3) is 0 Å². The van der Waals surface area contributed by atoms with Crippen LogP contribution in [-0.4, -0.2) is 17.4 Å². The van der Waals surface area contributed by atoms with Crippen molar-refractivity contribution < 1.29 is 4.79 Å². The number of benzene rings is 1. The van der Waals surface area contributed by atoms with Gasteiger partial charge in [-0.05, 0) is 37.1 Å². The predicted octanol–water partition coefficient (Wildman–Crippen LogP) is 3.09. The lowest BCUT2D eigenvalue weighted by Crippen LogP contribution is -2.28. The van der Waals surface area contributed by atoms with Crippen molar-refractivity contribution in [2.75, 3.05) is 6.54 Å². The molecule has 1 aromatic rings. The van der Waals surface area contributed by atoms with Gasteiger partial charge in [0.05, 0.1) is 0 Å². The van der Waals surface area contributed by atoms with Gasteiger partial charge in [-0.2, -0.15) is 0 Å². The molecule has 0 bridgehead atoms. The molecule has 0 aromatic heterocycles. The third-order valence-corrected chi connectivity index (χ3v) is 2.66. The first kappa shape index (κ1) is 10.2. The molecule has 78 valence electrons. The molecule has 0 N–H and O–H groups in total. The van der Waals surface area contributed by atoms with E-state index >= 15 is 0 Å². The summed E-state index contributed by atoms with van der Waals surface area (Å²) in [5, 5.41) is 0.653. The van der Waals surface area contributed by atoms with Crippen molar-refractivity contribution in [3.8, 4) is 0 Å². The van der Waals surface area contributed by atoms with Crippen LogP contribution in [0.3, 0.4) is 0 Å². The zero-order valence-corrected chi connectivity index (χ0v) is 9.07. The standard InChI is InChI=1S/C12H12ClNO/c13-11-6-4-10(5-7-11)12(15)14-8-2-1-3-9-14/h2,4-8H,1,3,9H2. The van der Waals surface area contributed by atoms with E-state index in [0.717, 1.165) is 19.4 Å². The summed E-state index contributed by atoms with van der Waals surface area (Å²) in [4.78, 5) is 13.7. The molecule has 1 heterocycles. The number of amides is 1. The Kier molecular flexibility index (Phi) is 3.07. The van der Waals surface area contributed by atoms with Gasteiger partial charge in [0.15, 0.2) is 0 Å². The highest BCUT2D eigenvalue weighted by molar-refractivity contribution is 6.30. The van der Waals surface area contributed by atoms with E-state index in [1.165, 1.54) is 0 Å². The monoisotopic (exact) mass is 221 g/mol. The highest BCUT2D eigenvalue weighted by atomic mass is 35.5. The summed E-state index contributed by atoms with van der Waals surface area (Å²) in [5.41, 5.74) is 0.686. The van der Waals surface area contributed by atoms with E-state index in [1.807, 2.05) is 12.3 Å². The Bertz CT molecular complexity index is 383. The van der Waals surface area contributed by atoms with Gasteiger partial charge < -0.3 is 4.90 Å². The number of allylic oxidation sites excluding steroid dienone is 1. The minimum atomic E-state index is 0.0441. The molecule has 0 saturated heterocycles. The minimum Gasteiger partial charge on any atom is -0.315 e. The van der Waals surface area contributed by atoms with Crippen LogP contribution in [0.4, 0.5) is 0 Å². The molecule has 1 aliphatic heterocycles. The summed E-state index contributed by atoms with van der Waals surface area (Å²) in [6, 6.07) is 6.99. The average Bonchev–Trinajstić information content (AvgIpc) is 2.30. The van der Waals surface area contributed by atoms with Gasteiger partial charge in [-0.3, -0.25) is 4.79 Å². The number of hydrogen-bond acceptors (Lipinski definition) is 1. The van der Waals surface area contributed by atoms with Crippen molar-refractivity contribution in [1.29, 1.82) is 0 Å². The zero-order valence-electron chi connectivity index (χ0n) is 8.32. The molecule has 1 amide bonds. The van der Waals surface area contributed by atoms with Crippen LogP contribution < -0.4 is 0 Å². The van der Waals surface area contributed by atoms with E-state index in [4.69, 9.17) is 11.6 Å². The maximum Gasteiger partial charge on any atom is 0.257 e. The van der Waals surface area contributed by atoms with Crippen molar-refractivity contribution in [2.45, 2.75) is 12.8 Å². The number of carbonyl (C=O) groups excluding carboxylic acids is 1. The Hall–Kier alpha value is -1.28. The van der Waals surface area contributed by atoms with E-state index in [0.29, 0.717) is 10.6 Å². The molecule has 1 aromatic carbocycles. The fourth-order valence-electron chi connectivity index (χ4n) is 1.58. The quantitative estimate of drug-likeness (QED) is 0.714. The molecule has 0 unspecified atom stereocenters. The van der Waals surface area contributed by atoms with Crippen LogP contribution >= 0.6 is 11.6 Å². The van der Waals surface area contributed by atoms with Crippen molar-refractivity contribution in [3.05, 3.63) is 47.1 Å². The van der Waals surface area contributed by atoms with Crippen LogP contribution in [0.1, 0.15) is 23.2 Å². The minimum absolute atomic E-state index is 0.0441. The number of hydrogen-bond donors (Lipinski definition) is 0. The van der Waals surface area contributed by atoms with Gasteiger partial charge in [-0.1, -0.05) is 17.7 Å². The SMILES string of the molecule is O=C(c1ccc(Cl)cc1)N1C=CCCC1. The third kappa shape index (κ3) is 2.39. The molecule has 0 spiro atoms. The van der Waals surface area contributed by atoms with Crippen LogP contribution in [0.2, 0.25) is 5.02 Å².